The minimum Gasteiger partial charge on any atom is -0.378 e. The summed E-state index contributed by atoms with van der Waals surface area (Å²) in [6.07, 6.45) is 9.03. The smallest absolute Gasteiger partial charge is 0.0575 e. The molecule has 0 radical (unpaired) electrons. The van der Waals surface area contributed by atoms with Crippen LogP contribution in [0.15, 0.2) is 0 Å². The van der Waals surface area contributed by atoms with Crippen molar-refractivity contribution in [1.82, 2.24) is 5.43 Å². The second-order valence-electron chi connectivity index (χ2n) is 5.40. The molecule has 1 saturated heterocycles. The van der Waals surface area contributed by atoms with Gasteiger partial charge in [0.25, 0.3) is 0 Å². The summed E-state index contributed by atoms with van der Waals surface area (Å²) in [4.78, 5) is 0. The number of hydrogen-bond acceptors (Lipinski definition) is 3. The predicted molar refractivity (Wildman–Crippen MR) is 68.0 cm³/mol. The van der Waals surface area contributed by atoms with Gasteiger partial charge in [0.1, 0.15) is 0 Å². The molecule has 3 N–H and O–H groups in total. The van der Waals surface area contributed by atoms with Crippen molar-refractivity contribution in [1.29, 1.82) is 0 Å². The van der Waals surface area contributed by atoms with Crippen molar-refractivity contribution in [2.45, 2.75) is 70.9 Å². The van der Waals surface area contributed by atoms with E-state index in [-0.39, 0.29) is 0 Å². The number of hydrogen-bond donors (Lipinski definition) is 2. The van der Waals surface area contributed by atoms with E-state index in [4.69, 9.17) is 10.6 Å². The van der Waals surface area contributed by atoms with Gasteiger partial charge in [0.2, 0.25) is 0 Å². The lowest BCUT2D eigenvalue weighted by atomic mass is 9.97. The summed E-state index contributed by atoms with van der Waals surface area (Å²) >= 11 is 0. The molecule has 0 aromatic rings. The Labute approximate surface area is 100 Å². The minimum absolute atomic E-state index is 0.466. The molecule has 1 rings (SSSR count). The van der Waals surface area contributed by atoms with Crippen LogP contribution in [-0.2, 0) is 4.74 Å². The Morgan fingerprint density at radius 2 is 2.06 bits per heavy atom. The highest BCUT2D eigenvalue weighted by atomic mass is 16.5. The first-order valence-electron chi connectivity index (χ1n) is 6.80. The quantitative estimate of drug-likeness (QED) is 0.520. The zero-order valence-corrected chi connectivity index (χ0v) is 10.9. The Bertz CT molecular complexity index is 167. The molecular weight excluding hydrogens is 200 g/mol. The largest absolute Gasteiger partial charge is 0.378 e. The number of rotatable bonds is 7. The maximum Gasteiger partial charge on any atom is 0.0575 e. The van der Waals surface area contributed by atoms with Gasteiger partial charge in [0.15, 0.2) is 0 Å². The highest BCUT2D eigenvalue weighted by Gasteiger charge is 2.16. The van der Waals surface area contributed by atoms with Gasteiger partial charge in [-0.25, -0.2) is 0 Å². The zero-order chi connectivity index (χ0) is 11.8. The standard InChI is InChI=1S/C13H28N2O/c1-11(2)6-7-12(15-14)8-9-13-5-3-4-10-16-13/h11-13,15H,3-10,14H2,1-2H3. The molecule has 16 heavy (non-hydrogen) atoms. The second kappa shape index (κ2) is 8.04. The van der Waals surface area contributed by atoms with Gasteiger partial charge in [-0.2, -0.15) is 0 Å². The Morgan fingerprint density at radius 1 is 1.25 bits per heavy atom. The number of hydrazine groups is 1. The van der Waals surface area contributed by atoms with Crippen LogP contribution in [0.4, 0.5) is 0 Å². The van der Waals surface area contributed by atoms with Crippen molar-refractivity contribution >= 4 is 0 Å². The van der Waals surface area contributed by atoms with E-state index < -0.39 is 0 Å². The fourth-order valence-electron chi connectivity index (χ4n) is 2.27. The Hall–Kier alpha value is -0.120. The molecule has 1 fully saturated rings. The first-order valence-corrected chi connectivity index (χ1v) is 6.80. The molecule has 0 saturated carbocycles. The van der Waals surface area contributed by atoms with Crippen molar-refractivity contribution in [3.8, 4) is 0 Å². The molecule has 0 aromatic heterocycles. The molecule has 1 aliphatic rings. The summed E-state index contributed by atoms with van der Waals surface area (Å²) in [5.41, 5.74) is 2.94. The summed E-state index contributed by atoms with van der Waals surface area (Å²) in [5.74, 6) is 6.35. The van der Waals surface area contributed by atoms with Gasteiger partial charge in [0, 0.05) is 12.6 Å². The molecule has 2 unspecified atom stereocenters. The average molecular weight is 228 g/mol. The number of nitrogens with two attached hydrogens (primary N) is 1. The van der Waals surface area contributed by atoms with Gasteiger partial charge < -0.3 is 4.74 Å². The van der Waals surface area contributed by atoms with E-state index in [9.17, 15) is 0 Å². The van der Waals surface area contributed by atoms with Gasteiger partial charge in [0.05, 0.1) is 6.10 Å². The molecule has 1 heterocycles. The second-order valence-corrected chi connectivity index (χ2v) is 5.40. The van der Waals surface area contributed by atoms with Crippen molar-refractivity contribution in [3.63, 3.8) is 0 Å². The van der Waals surface area contributed by atoms with Gasteiger partial charge in [-0.05, 0) is 50.9 Å². The average Bonchev–Trinajstić information content (AvgIpc) is 2.30. The van der Waals surface area contributed by atoms with Gasteiger partial charge in [-0.3, -0.25) is 11.3 Å². The Balaban J connectivity index is 2.11. The topological polar surface area (TPSA) is 47.3 Å². The normalized spacial score (nSPS) is 23.6. The van der Waals surface area contributed by atoms with E-state index >= 15 is 0 Å². The van der Waals surface area contributed by atoms with E-state index in [1.165, 1.54) is 32.1 Å². The number of nitrogens with one attached hydrogen (secondary N) is 1. The lowest BCUT2D eigenvalue weighted by molar-refractivity contribution is 0.00837. The molecule has 0 bridgehead atoms. The number of ether oxygens (including phenoxy) is 1. The van der Waals surface area contributed by atoms with Crippen LogP contribution in [0.25, 0.3) is 0 Å². The van der Waals surface area contributed by atoms with Crippen LogP contribution in [0.1, 0.15) is 58.8 Å². The van der Waals surface area contributed by atoms with Gasteiger partial charge in [-0.1, -0.05) is 13.8 Å². The van der Waals surface area contributed by atoms with E-state index in [0.717, 1.165) is 25.4 Å². The molecule has 0 aromatic carbocycles. The molecule has 2 atom stereocenters. The van der Waals surface area contributed by atoms with Gasteiger partial charge in [-0.15, -0.1) is 0 Å². The third-order valence-electron chi connectivity index (χ3n) is 3.44. The van der Waals surface area contributed by atoms with Crippen LogP contribution in [0.2, 0.25) is 0 Å². The molecule has 3 nitrogen and oxygen atoms in total. The van der Waals surface area contributed by atoms with E-state index in [0.29, 0.717) is 12.1 Å². The minimum atomic E-state index is 0.466. The lowest BCUT2D eigenvalue weighted by Crippen LogP contribution is -2.36. The van der Waals surface area contributed by atoms with Crippen molar-refractivity contribution < 1.29 is 4.74 Å². The third kappa shape index (κ3) is 5.83. The van der Waals surface area contributed by atoms with Crippen LogP contribution >= 0.6 is 0 Å². The van der Waals surface area contributed by atoms with Crippen molar-refractivity contribution in [3.05, 3.63) is 0 Å². The van der Waals surface area contributed by atoms with E-state index in [2.05, 4.69) is 19.3 Å². The molecule has 0 amide bonds. The summed E-state index contributed by atoms with van der Waals surface area (Å²) in [7, 11) is 0. The highest BCUT2D eigenvalue weighted by Crippen LogP contribution is 2.19. The Kier molecular flexibility index (Phi) is 7.01. The van der Waals surface area contributed by atoms with Crippen LogP contribution in [-0.4, -0.2) is 18.8 Å². The zero-order valence-electron chi connectivity index (χ0n) is 10.9. The summed E-state index contributed by atoms with van der Waals surface area (Å²) in [6.45, 7) is 5.48. The summed E-state index contributed by atoms with van der Waals surface area (Å²) in [6, 6.07) is 0.466. The van der Waals surface area contributed by atoms with Crippen LogP contribution < -0.4 is 11.3 Å². The SMILES string of the molecule is CC(C)CCC(CCC1CCCCO1)NN. The summed E-state index contributed by atoms with van der Waals surface area (Å²) < 4.78 is 5.73. The summed E-state index contributed by atoms with van der Waals surface area (Å²) in [5, 5.41) is 0. The van der Waals surface area contributed by atoms with E-state index in [1.807, 2.05) is 0 Å². The molecule has 0 spiro atoms. The van der Waals surface area contributed by atoms with Crippen LogP contribution in [0.3, 0.4) is 0 Å². The predicted octanol–water partition coefficient (Wildman–Crippen LogP) is 2.60. The highest BCUT2D eigenvalue weighted by molar-refractivity contribution is 4.70. The van der Waals surface area contributed by atoms with Crippen molar-refractivity contribution in [2.75, 3.05) is 6.61 Å². The maximum atomic E-state index is 5.73. The fraction of sp³-hybridized carbons (Fsp3) is 1.00. The lowest BCUT2D eigenvalue weighted by Gasteiger charge is -2.25. The maximum absolute atomic E-state index is 5.73. The monoisotopic (exact) mass is 228 g/mol. The van der Waals surface area contributed by atoms with Crippen LogP contribution in [0, 0.1) is 5.92 Å². The fourth-order valence-corrected chi connectivity index (χ4v) is 2.27. The van der Waals surface area contributed by atoms with Gasteiger partial charge >= 0.3 is 0 Å². The molecular formula is C13H28N2O. The first kappa shape index (κ1) is 13.9. The van der Waals surface area contributed by atoms with E-state index in [1.54, 1.807) is 0 Å². The first-order chi connectivity index (χ1) is 7.72. The molecule has 3 heteroatoms. The molecule has 1 aliphatic heterocycles. The molecule has 0 aliphatic carbocycles. The molecule has 96 valence electrons. The third-order valence-corrected chi connectivity index (χ3v) is 3.44. The van der Waals surface area contributed by atoms with Crippen LogP contribution in [0.5, 0.6) is 0 Å². The van der Waals surface area contributed by atoms with Crippen molar-refractivity contribution in [2.24, 2.45) is 11.8 Å². The Morgan fingerprint density at radius 3 is 2.62 bits per heavy atom.